The summed E-state index contributed by atoms with van der Waals surface area (Å²) in [5.41, 5.74) is 0. The molecule has 1 saturated heterocycles. The van der Waals surface area contributed by atoms with Gasteiger partial charge in [0, 0.05) is 40.2 Å². The summed E-state index contributed by atoms with van der Waals surface area (Å²) in [6.07, 6.45) is 0.930. The highest BCUT2D eigenvalue weighted by molar-refractivity contribution is 5.81. The van der Waals surface area contributed by atoms with Gasteiger partial charge in [-0.3, -0.25) is 14.5 Å². The van der Waals surface area contributed by atoms with Crippen molar-refractivity contribution in [2.24, 2.45) is 0 Å². The molecule has 0 radical (unpaired) electrons. The standard InChI is InChI=1S/C11H20N2O3/c1-10(14)13-5-3-4-12(6-7-13)8-11(15)9-16-2/h3-9H2,1-2H3. The number of amides is 1. The summed E-state index contributed by atoms with van der Waals surface area (Å²) < 4.78 is 4.80. The van der Waals surface area contributed by atoms with Crippen LogP contribution in [0.4, 0.5) is 0 Å². The van der Waals surface area contributed by atoms with E-state index >= 15 is 0 Å². The molecule has 0 saturated carbocycles. The normalized spacial score (nSPS) is 18.2. The second-order valence-corrected chi connectivity index (χ2v) is 4.11. The topological polar surface area (TPSA) is 49.9 Å². The van der Waals surface area contributed by atoms with E-state index in [4.69, 9.17) is 4.74 Å². The van der Waals surface area contributed by atoms with Gasteiger partial charge in [-0.2, -0.15) is 0 Å². The summed E-state index contributed by atoms with van der Waals surface area (Å²) in [7, 11) is 1.53. The lowest BCUT2D eigenvalue weighted by atomic mass is 10.3. The first-order valence-corrected chi connectivity index (χ1v) is 5.62. The lowest BCUT2D eigenvalue weighted by Gasteiger charge is -2.20. The van der Waals surface area contributed by atoms with Crippen LogP contribution in [-0.4, -0.2) is 67.9 Å². The summed E-state index contributed by atoms with van der Waals surface area (Å²) in [6, 6.07) is 0. The van der Waals surface area contributed by atoms with Crippen LogP contribution >= 0.6 is 0 Å². The van der Waals surface area contributed by atoms with E-state index in [1.807, 2.05) is 4.90 Å². The molecule has 0 bridgehead atoms. The number of Topliss-reactive ketones (excluding diaryl/α,β-unsaturated/α-hetero) is 1. The van der Waals surface area contributed by atoms with Gasteiger partial charge in [0.15, 0.2) is 5.78 Å². The quantitative estimate of drug-likeness (QED) is 0.666. The van der Waals surface area contributed by atoms with Crippen molar-refractivity contribution in [3.05, 3.63) is 0 Å². The maximum absolute atomic E-state index is 11.4. The molecule has 1 fully saturated rings. The van der Waals surface area contributed by atoms with Crippen molar-refractivity contribution < 1.29 is 14.3 Å². The molecule has 0 spiro atoms. The van der Waals surface area contributed by atoms with Crippen LogP contribution in [0.15, 0.2) is 0 Å². The van der Waals surface area contributed by atoms with Crippen molar-refractivity contribution in [1.82, 2.24) is 9.80 Å². The third-order valence-corrected chi connectivity index (χ3v) is 2.74. The Morgan fingerprint density at radius 3 is 2.56 bits per heavy atom. The predicted octanol–water partition coefficient (Wildman–Crippen LogP) is -0.244. The first-order valence-electron chi connectivity index (χ1n) is 5.62. The molecular formula is C11H20N2O3. The number of carbonyl (C=O) groups excluding carboxylic acids is 2. The van der Waals surface area contributed by atoms with Crippen molar-refractivity contribution in [2.45, 2.75) is 13.3 Å². The van der Waals surface area contributed by atoms with E-state index in [0.717, 1.165) is 32.6 Å². The summed E-state index contributed by atoms with van der Waals surface area (Å²) >= 11 is 0. The zero-order chi connectivity index (χ0) is 12.0. The van der Waals surface area contributed by atoms with Crippen LogP contribution in [-0.2, 0) is 14.3 Å². The number of ether oxygens (including phenoxy) is 1. The molecular weight excluding hydrogens is 208 g/mol. The van der Waals surface area contributed by atoms with Gasteiger partial charge in [-0.05, 0) is 6.42 Å². The number of ketones is 1. The molecule has 0 aromatic rings. The van der Waals surface area contributed by atoms with Gasteiger partial charge in [-0.15, -0.1) is 0 Å². The minimum atomic E-state index is 0.0961. The second-order valence-electron chi connectivity index (χ2n) is 4.11. The molecule has 0 N–H and O–H groups in total. The predicted molar refractivity (Wildman–Crippen MR) is 60.2 cm³/mol. The highest BCUT2D eigenvalue weighted by atomic mass is 16.5. The Morgan fingerprint density at radius 2 is 1.94 bits per heavy atom. The SMILES string of the molecule is COCC(=O)CN1CCCN(C(C)=O)CC1. The average Bonchev–Trinajstić information content (AvgIpc) is 2.43. The molecule has 1 amide bonds. The Kier molecular flexibility index (Phi) is 5.42. The van der Waals surface area contributed by atoms with Crippen molar-refractivity contribution in [2.75, 3.05) is 46.4 Å². The van der Waals surface area contributed by atoms with E-state index in [-0.39, 0.29) is 18.3 Å². The van der Waals surface area contributed by atoms with Gasteiger partial charge in [-0.1, -0.05) is 0 Å². The Hall–Kier alpha value is -0.940. The van der Waals surface area contributed by atoms with Gasteiger partial charge in [0.2, 0.25) is 5.91 Å². The molecule has 1 heterocycles. The van der Waals surface area contributed by atoms with E-state index < -0.39 is 0 Å². The Labute approximate surface area is 96.3 Å². The largest absolute Gasteiger partial charge is 0.377 e. The van der Waals surface area contributed by atoms with Gasteiger partial charge >= 0.3 is 0 Å². The Balaban J connectivity index is 2.35. The second kappa shape index (κ2) is 6.60. The summed E-state index contributed by atoms with van der Waals surface area (Å²) in [5, 5.41) is 0. The monoisotopic (exact) mass is 228 g/mol. The highest BCUT2D eigenvalue weighted by Crippen LogP contribution is 2.03. The van der Waals surface area contributed by atoms with Crippen LogP contribution in [0.25, 0.3) is 0 Å². The number of hydrogen-bond acceptors (Lipinski definition) is 4. The lowest BCUT2D eigenvalue weighted by molar-refractivity contribution is -0.128. The molecule has 5 heteroatoms. The molecule has 1 aliphatic rings. The van der Waals surface area contributed by atoms with E-state index in [0.29, 0.717) is 6.54 Å². The van der Waals surface area contributed by atoms with Gasteiger partial charge in [0.25, 0.3) is 0 Å². The van der Waals surface area contributed by atoms with E-state index in [1.54, 1.807) is 6.92 Å². The fraction of sp³-hybridized carbons (Fsp3) is 0.818. The Morgan fingerprint density at radius 1 is 1.19 bits per heavy atom. The molecule has 16 heavy (non-hydrogen) atoms. The molecule has 1 rings (SSSR count). The van der Waals surface area contributed by atoms with Crippen LogP contribution in [0, 0.1) is 0 Å². The van der Waals surface area contributed by atoms with E-state index in [1.165, 1.54) is 7.11 Å². The average molecular weight is 228 g/mol. The first-order chi connectivity index (χ1) is 7.63. The highest BCUT2D eigenvalue weighted by Gasteiger charge is 2.17. The zero-order valence-electron chi connectivity index (χ0n) is 10.1. The van der Waals surface area contributed by atoms with Crippen molar-refractivity contribution in [3.63, 3.8) is 0 Å². The van der Waals surface area contributed by atoms with Crippen LogP contribution in [0.3, 0.4) is 0 Å². The van der Waals surface area contributed by atoms with Gasteiger partial charge < -0.3 is 9.64 Å². The number of nitrogens with zero attached hydrogens (tertiary/aromatic N) is 2. The van der Waals surface area contributed by atoms with Crippen molar-refractivity contribution in [3.8, 4) is 0 Å². The molecule has 0 aliphatic carbocycles. The fourth-order valence-electron chi connectivity index (χ4n) is 1.90. The van der Waals surface area contributed by atoms with Crippen molar-refractivity contribution >= 4 is 11.7 Å². The van der Waals surface area contributed by atoms with Gasteiger partial charge in [0.1, 0.15) is 6.61 Å². The van der Waals surface area contributed by atoms with E-state index in [9.17, 15) is 9.59 Å². The molecule has 0 unspecified atom stereocenters. The first kappa shape index (κ1) is 13.1. The minimum absolute atomic E-state index is 0.0961. The number of carbonyl (C=O) groups is 2. The molecule has 5 nitrogen and oxygen atoms in total. The molecule has 92 valence electrons. The molecule has 0 atom stereocenters. The van der Waals surface area contributed by atoms with Crippen LogP contribution < -0.4 is 0 Å². The van der Waals surface area contributed by atoms with Gasteiger partial charge in [0.05, 0.1) is 6.54 Å². The lowest BCUT2D eigenvalue weighted by Crippen LogP contribution is -2.36. The van der Waals surface area contributed by atoms with Crippen LogP contribution in [0.5, 0.6) is 0 Å². The summed E-state index contributed by atoms with van der Waals surface area (Å²) in [6.45, 7) is 5.35. The third kappa shape index (κ3) is 4.28. The number of methoxy groups -OCH3 is 1. The van der Waals surface area contributed by atoms with E-state index in [2.05, 4.69) is 4.90 Å². The minimum Gasteiger partial charge on any atom is -0.377 e. The smallest absolute Gasteiger partial charge is 0.219 e. The maximum Gasteiger partial charge on any atom is 0.219 e. The van der Waals surface area contributed by atoms with Crippen LogP contribution in [0.2, 0.25) is 0 Å². The molecule has 0 aromatic heterocycles. The third-order valence-electron chi connectivity index (χ3n) is 2.74. The molecule has 1 aliphatic heterocycles. The Bertz CT molecular complexity index is 256. The fourth-order valence-corrected chi connectivity index (χ4v) is 1.90. The van der Waals surface area contributed by atoms with Crippen molar-refractivity contribution in [1.29, 1.82) is 0 Å². The van der Waals surface area contributed by atoms with Gasteiger partial charge in [-0.25, -0.2) is 0 Å². The molecule has 0 aromatic carbocycles. The maximum atomic E-state index is 11.4. The zero-order valence-corrected chi connectivity index (χ0v) is 10.1. The van der Waals surface area contributed by atoms with Crippen LogP contribution in [0.1, 0.15) is 13.3 Å². The summed E-state index contributed by atoms with van der Waals surface area (Å²) in [4.78, 5) is 26.5. The number of rotatable bonds is 4. The number of hydrogen-bond donors (Lipinski definition) is 0. The summed E-state index contributed by atoms with van der Waals surface area (Å²) in [5.74, 6) is 0.212.